The van der Waals surface area contributed by atoms with Crippen molar-refractivity contribution in [3.63, 3.8) is 0 Å². The average Bonchev–Trinajstić information content (AvgIpc) is 3.04. The molecule has 3 aromatic carbocycles. The van der Waals surface area contributed by atoms with Crippen LogP contribution in [0.25, 0.3) is 22.5 Å². The Hall–Kier alpha value is -2.68. The van der Waals surface area contributed by atoms with Gasteiger partial charge in [0, 0.05) is 6.54 Å². The van der Waals surface area contributed by atoms with Crippen molar-refractivity contribution in [3.8, 4) is 28.3 Å². The van der Waals surface area contributed by atoms with Crippen LogP contribution in [-0.2, 0) is 40.0 Å². The molecule has 4 rings (SSSR count). The van der Waals surface area contributed by atoms with E-state index < -0.39 is 0 Å². The van der Waals surface area contributed by atoms with Gasteiger partial charge in [-0.25, -0.2) is 0 Å². The van der Waals surface area contributed by atoms with Crippen molar-refractivity contribution in [3.05, 3.63) is 94.3 Å². The number of methoxy groups -OCH3 is 1. The number of nitrogens with two attached hydrogens (primary N) is 1. The third-order valence-electron chi connectivity index (χ3n) is 4.90. The van der Waals surface area contributed by atoms with Crippen LogP contribution in [0.3, 0.4) is 0 Å². The molecule has 158 valence electrons. The Bertz CT molecular complexity index is 1040. The summed E-state index contributed by atoms with van der Waals surface area (Å²) >= 11 is 2.38. The molecule has 0 unspecified atom stereocenters. The Morgan fingerprint density at radius 2 is 1.17 bits per heavy atom. The molecule has 0 spiro atoms. The van der Waals surface area contributed by atoms with E-state index in [0.717, 1.165) is 11.3 Å². The van der Waals surface area contributed by atoms with Crippen molar-refractivity contribution >= 4 is 0 Å². The number of rotatable bonds is 4. The molecule has 1 heterocycles. The molecule has 0 fully saturated rings. The Morgan fingerprint density at radius 1 is 0.733 bits per heavy atom. The van der Waals surface area contributed by atoms with Gasteiger partial charge in [-0.1, -0.05) is 12.1 Å². The molecule has 0 atom stereocenters. The predicted molar refractivity (Wildman–Crippen MR) is 119 cm³/mol. The van der Waals surface area contributed by atoms with Gasteiger partial charge in [-0.05, 0) is 17.7 Å². The van der Waals surface area contributed by atoms with E-state index in [9.17, 15) is 0 Å². The number of aromatic nitrogens is 2. The van der Waals surface area contributed by atoms with E-state index in [1.54, 1.807) is 7.11 Å². The topological polar surface area (TPSA) is 45.1 Å². The molecule has 4 aromatic rings. The minimum atomic E-state index is 0.587. The van der Waals surface area contributed by atoms with Gasteiger partial charge in [0.25, 0.3) is 0 Å². The molecule has 4 nitrogen and oxygen atoms in total. The molecule has 0 bridgehead atoms. The molecule has 0 amide bonds. The van der Waals surface area contributed by atoms with E-state index in [4.69, 9.17) is 10.5 Å². The van der Waals surface area contributed by atoms with E-state index in [2.05, 4.69) is 103 Å². The summed E-state index contributed by atoms with van der Waals surface area (Å²) in [5.41, 5.74) is 11.5. The van der Waals surface area contributed by atoms with Gasteiger partial charge in [-0.3, -0.25) is 0 Å². The molecule has 30 heavy (non-hydrogen) atoms. The molecular formula is C25H27N3OPt. The summed E-state index contributed by atoms with van der Waals surface area (Å²) in [5, 5.41) is 0. The van der Waals surface area contributed by atoms with Gasteiger partial charge < -0.3 is 10.5 Å². The van der Waals surface area contributed by atoms with Gasteiger partial charge in [-0.2, -0.15) is 0 Å². The maximum atomic E-state index is 5.40. The van der Waals surface area contributed by atoms with E-state index >= 15 is 0 Å². The third-order valence-corrected chi connectivity index (χ3v) is 6.42. The summed E-state index contributed by atoms with van der Waals surface area (Å²) in [6.07, 6.45) is 0. The van der Waals surface area contributed by atoms with E-state index in [0.29, 0.717) is 6.54 Å². The quantitative estimate of drug-likeness (QED) is 0.372. The van der Waals surface area contributed by atoms with Gasteiger partial charge in [0.05, 0.1) is 7.11 Å². The average molecular weight is 581 g/mol. The molecule has 0 saturated heterocycles. The zero-order valence-electron chi connectivity index (χ0n) is 17.5. The first-order chi connectivity index (χ1) is 14.6. The number of ether oxygens (including phenoxy) is 1. The van der Waals surface area contributed by atoms with E-state index in [1.807, 2.05) is 24.3 Å². The second-order valence-corrected chi connectivity index (χ2v) is 7.86. The summed E-state index contributed by atoms with van der Waals surface area (Å²) < 4.78 is 10.7. The first-order valence-electron chi connectivity index (χ1n) is 9.71. The summed E-state index contributed by atoms with van der Waals surface area (Å²) in [4.78, 5) is 0. The van der Waals surface area contributed by atoms with Crippen LogP contribution in [0.1, 0.15) is 5.56 Å². The Morgan fingerprint density at radius 3 is 1.53 bits per heavy atom. The zero-order valence-corrected chi connectivity index (χ0v) is 19.8. The van der Waals surface area contributed by atoms with Crippen LogP contribution in [0.15, 0.2) is 84.9 Å². The van der Waals surface area contributed by atoms with Crippen LogP contribution in [0, 0.1) is 3.80 Å². The molecule has 0 aliphatic heterocycles. The monoisotopic (exact) mass is 580 g/mol. The fraction of sp³-hybridized carbons (Fsp3) is 0.160. The minimum absolute atomic E-state index is 0.587. The summed E-state index contributed by atoms with van der Waals surface area (Å²) in [6.45, 7) is 0.587. The van der Waals surface area contributed by atoms with Crippen LogP contribution < -0.4 is 10.5 Å². The standard InChI is InChI=1S/C17H16N2.C8H11NO.Pt/c1-18-13-19(2)17(15-11-7-4-8-12-15)16(18)14-9-5-3-6-10-14;1-10-8-4-2-7(6-9)3-5-8;/h3-12H,1-2H3;2-5H,6,9H2,1H3;. The van der Waals surface area contributed by atoms with Crippen LogP contribution in [0.5, 0.6) is 5.75 Å². The summed E-state index contributed by atoms with van der Waals surface area (Å²) in [7, 11) is 5.89. The molecule has 5 heteroatoms. The first kappa shape index (κ1) is 22.0. The predicted octanol–water partition coefficient (Wildman–Crippen LogP) is 4.93. The van der Waals surface area contributed by atoms with Crippen molar-refractivity contribution < 1.29 is 24.1 Å². The SMILES string of the molecule is COc1ccc(CN)cc1.Cn1c(-c2ccccc2)c(-c2ccccc2)n(C)[c]1=[Pt]. The van der Waals surface area contributed by atoms with Crippen molar-refractivity contribution in [2.75, 3.05) is 7.11 Å². The molecule has 0 aliphatic rings. The van der Waals surface area contributed by atoms with Crippen molar-refractivity contribution in [1.82, 2.24) is 9.13 Å². The normalized spacial score (nSPS) is 10.3. The van der Waals surface area contributed by atoms with Crippen molar-refractivity contribution in [1.29, 1.82) is 0 Å². The number of imidazole rings is 1. The van der Waals surface area contributed by atoms with Gasteiger partial charge in [0.1, 0.15) is 5.75 Å². The number of hydrogen-bond donors (Lipinski definition) is 1. The number of hydrogen-bond acceptors (Lipinski definition) is 2. The third kappa shape index (κ3) is 4.89. The molecule has 2 N–H and O–H groups in total. The number of benzene rings is 3. The zero-order chi connectivity index (χ0) is 21.5. The Balaban J connectivity index is 0.000000216. The second-order valence-electron chi connectivity index (χ2n) is 6.84. The van der Waals surface area contributed by atoms with Crippen molar-refractivity contribution in [2.45, 2.75) is 6.54 Å². The van der Waals surface area contributed by atoms with Crippen LogP contribution in [-0.4, -0.2) is 16.2 Å². The van der Waals surface area contributed by atoms with Crippen molar-refractivity contribution in [2.24, 2.45) is 19.8 Å². The fourth-order valence-electron chi connectivity index (χ4n) is 3.33. The van der Waals surface area contributed by atoms with Gasteiger partial charge in [0.15, 0.2) is 0 Å². The van der Waals surface area contributed by atoms with E-state index in [-0.39, 0.29) is 0 Å². The van der Waals surface area contributed by atoms with E-state index in [1.165, 1.54) is 26.3 Å². The van der Waals surface area contributed by atoms with Gasteiger partial charge in [-0.15, -0.1) is 0 Å². The first-order valence-corrected chi connectivity index (χ1v) is 10.8. The fourth-order valence-corrected chi connectivity index (χ4v) is 3.84. The van der Waals surface area contributed by atoms with Gasteiger partial charge in [0.2, 0.25) is 0 Å². The number of nitrogens with zero attached hydrogens (tertiary/aromatic N) is 2. The molecule has 0 radical (unpaired) electrons. The maximum absolute atomic E-state index is 5.40. The molecule has 0 aliphatic carbocycles. The summed E-state index contributed by atoms with van der Waals surface area (Å²) in [5.74, 6) is 0.872. The van der Waals surface area contributed by atoms with Crippen LogP contribution in [0.2, 0.25) is 0 Å². The molecule has 0 saturated carbocycles. The summed E-state index contributed by atoms with van der Waals surface area (Å²) in [6, 6.07) is 28.8. The second kappa shape index (κ2) is 10.4. The van der Waals surface area contributed by atoms with Crippen LogP contribution >= 0.6 is 0 Å². The molecule has 1 aromatic heterocycles. The Labute approximate surface area is 189 Å². The Kier molecular flexibility index (Phi) is 7.62. The van der Waals surface area contributed by atoms with Crippen LogP contribution in [0.4, 0.5) is 0 Å². The van der Waals surface area contributed by atoms with Gasteiger partial charge >= 0.3 is 130 Å². The molecular weight excluding hydrogens is 553 g/mol.